The monoisotopic (exact) mass is 518 g/mol. The largest absolute Gasteiger partial charge is 0.495 e. The average Bonchev–Trinajstić information content (AvgIpc) is 3.64. The SMILES string of the molecule is COc1cc2cc(c1Cl)N(C)C(=O)CCC1O[C@H]1[C@H](C)C1CC(NC(=O)O1)[C@H](OC)/C=C/C=C(\C)C2. The maximum atomic E-state index is 13.1. The Balaban J connectivity index is 1.65. The first-order valence-electron chi connectivity index (χ1n) is 12.3. The molecule has 0 radical (unpaired) electrons. The van der Waals surface area contributed by atoms with E-state index in [4.69, 9.17) is 30.5 Å². The fourth-order valence-corrected chi connectivity index (χ4v) is 5.38. The first-order chi connectivity index (χ1) is 17.2. The van der Waals surface area contributed by atoms with Crippen LogP contribution in [0.15, 0.2) is 35.9 Å². The summed E-state index contributed by atoms with van der Waals surface area (Å²) in [6.45, 7) is 4.06. The maximum Gasteiger partial charge on any atom is 0.407 e. The molecule has 0 aliphatic carbocycles. The van der Waals surface area contributed by atoms with E-state index >= 15 is 0 Å². The molecule has 2 saturated heterocycles. The van der Waals surface area contributed by atoms with Crippen molar-refractivity contribution in [2.45, 2.75) is 70.0 Å². The van der Waals surface area contributed by atoms with E-state index in [0.29, 0.717) is 42.1 Å². The van der Waals surface area contributed by atoms with E-state index in [2.05, 4.69) is 5.32 Å². The molecule has 3 unspecified atom stereocenters. The van der Waals surface area contributed by atoms with Crippen LogP contribution in [0.4, 0.5) is 10.5 Å². The Labute approximate surface area is 217 Å². The van der Waals surface area contributed by atoms with E-state index in [1.54, 1.807) is 26.2 Å². The lowest BCUT2D eigenvalue weighted by Crippen LogP contribution is -2.53. The number of rotatable bonds is 2. The van der Waals surface area contributed by atoms with Crippen LogP contribution >= 0.6 is 11.6 Å². The lowest BCUT2D eigenvalue weighted by molar-refractivity contribution is -0.118. The van der Waals surface area contributed by atoms with Gasteiger partial charge in [-0.25, -0.2) is 4.79 Å². The molecule has 9 heteroatoms. The molecule has 2 fully saturated rings. The predicted octanol–water partition coefficient (Wildman–Crippen LogP) is 4.44. The first-order valence-corrected chi connectivity index (χ1v) is 12.7. The number of epoxide rings is 1. The van der Waals surface area contributed by atoms with E-state index < -0.39 is 6.09 Å². The van der Waals surface area contributed by atoms with Gasteiger partial charge < -0.3 is 29.2 Å². The number of nitrogens with one attached hydrogen (secondary N) is 1. The molecule has 1 aromatic carbocycles. The van der Waals surface area contributed by atoms with Crippen LogP contribution < -0.4 is 15.0 Å². The normalized spacial score (nSPS) is 33.5. The highest BCUT2D eigenvalue weighted by atomic mass is 35.5. The van der Waals surface area contributed by atoms with Gasteiger partial charge in [-0.2, -0.15) is 0 Å². The number of hydrogen-bond donors (Lipinski definition) is 1. The molecule has 3 aliphatic rings. The van der Waals surface area contributed by atoms with Crippen LogP contribution in [0.25, 0.3) is 0 Å². The molecule has 0 aromatic heterocycles. The number of alkyl carbamates (subject to hydrolysis) is 1. The highest BCUT2D eigenvalue weighted by molar-refractivity contribution is 6.35. The van der Waals surface area contributed by atoms with Gasteiger partial charge in [-0.3, -0.25) is 4.79 Å². The molecular formula is C27H35ClN2O6. The van der Waals surface area contributed by atoms with E-state index in [9.17, 15) is 9.59 Å². The number of nitrogens with zero attached hydrogens (tertiary/aromatic N) is 1. The molecule has 1 aromatic rings. The second-order valence-electron chi connectivity index (χ2n) is 9.83. The van der Waals surface area contributed by atoms with Crippen LogP contribution in [0, 0.1) is 5.92 Å². The number of carbonyl (C=O) groups excluding carboxylic acids is 2. The Bertz CT molecular complexity index is 1060. The Hall–Kier alpha value is -2.55. The summed E-state index contributed by atoms with van der Waals surface area (Å²) in [5.41, 5.74) is 2.70. The summed E-state index contributed by atoms with van der Waals surface area (Å²) < 4.78 is 22.7. The number of benzene rings is 1. The lowest BCUT2D eigenvalue weighted by atomic mass is 9.90. The van der Waals surface area contributed by atoms with Crippen molar-refractivity contribution in [3.63, 3.8) is 0 Å². The van der Waals surface area contributed by atoms with Crippen LogP contribution in [0.3, 0.4) is 0 Å². The van der Waals surface area contributed by atoms with Crippen LogP contribution in [-0.2, 0) is 25.4 Å². The van der Waals surface area contributed by atoms with Crippen molar-refractivity contribution in [3.05, 3.63) is 46.5 Å². The van der Waals surface area contributed by atoms with Crippen LogP contribution in [0.5, 0.6) is 5.75 Å². The van der Waals surface area contributed by atoms with E-state index in [0.717, 1.165) is 11.1 Å². The van der Waals surface area contributed by atoms with Crippen molar-refractivity contribution in [2.75, 3.05) is 26.2 Å². The summed E-state index contributed by atoms with van der Waals surface area (Å²) in [7, 11) is 4.93. The highest BCUT2D eigenvalue weighted by Gasteiger charge is 2.48. The molecule has 3 heterocycles. The fraction of sp³-hybridized carbons (Fsp3) is 0.556. The number of carbonyl (C=O) groups is 2. The number of anilines is 1. The molecule has 1 N–H and O–H groups in total. The van der Waals surface area contributed by atoms with Crippen molar-refractivity contribution in [1.82, 2.24) is 5.32 Å². The van der Waals surface area contributed by atoms with Crippen LogP contribution in [-0.4, -0.2) is 63.7 Å². The third-order valence-electron chi connectivity index (χ3n) is 7.29. The molecular weight excluding hydrogens is 484 g/mol. The first kappa shape index (κ1) is 26.5. The minimum atomic E-state index is -0.449. The standard InChI is InChI=1S/C27H35ClN2O6/c1-15-7-6-8-20(33-4)18-14-22(36-27(32)29-18)16(2)26-21(35-26)9-10-24(31)30(3)19-12-17(11-15)13-23(34-5)25(19)28/h6-8,12-13,16,18,20-22,26H,9-11,14H2,1-5H3,(H,29,32)/b8-6+,15-7+/t16-,18?,20-,21?,22?,26+/m1/s1. The molecule has 4 rings (SSSR count). The Morgan fingerprint density at radius 1 is 1.19 bits per heavy atom. The lowest BCUT2D eigenvalue weighted by Gasteiger charge is -2.35. The zero-order valence-corrected chi connectivity index (χ0v) is 22.2. The van der Waals surface area contributed by atoms with E-state index in [1.807, 2.05) is 44.2 Å². The Morgan fingerprint density at radius 3 is 2.69 bits per heavy atom. The molecule has 0 spiro atoms. The zero-order chi connectivity index (χ0) is 26.0. The van der Waals surface area contributed by atoms with Crippen molar-refractivity contribution < 1.29 is 28.5 Å². The molecule has 4 bridgehead atoms. The number of amides is 2. The minimum Gasteiger partial charge on any atom is -0.495 e. The quantitative estimate of drug-likeness (QED) is 0.582. The summed E-state index contributed by atoms with van der Waals surface area (Å²) in [5.74, 6) is 0.472. The van der Waals surface area contributed by atoms with Gasteiger partial charge in [-0.05, 0) is 37.5 Å². The van der Waals surface area contributed by atoms with Gasteiger partial charge in [-0.15, -0.1) is 0 Å². The van der Waals surface area contributed by atoms with Gasteiger partial charge >= 0.3 is 6.09 Å². The molecule has 6 atom stereocenters. The minimum absolute atomic E-state index is 0.00233. The van der Waals surface area contributed by atoms with Gasteiger partial charge in [0, 0.05) is 32.9 Å². The maximum absolute atomic E-state index is 13.1. The molecule has 0 saturated carbocycles. The van der Waals surface area contributed by atoms with Crippen LogP contribution in [0.1, 0.15) is 38.7 Å². The number of ether oxygens (including phenoxy) is 4. The van der Waals surface area contributed by atoms with Crippen molar-refractivity contribution in [2.24, 2.45) is 5.92 Å². The van der Waals surface area contributed by atoms with Crippen molar-refractivity contribution >= 4 is 29.3 Å². The van der Waals surface area contributed by atoms with Crippen molar-refractivity contribution in [3.8, 4) is 5.75 Å². The number of allylic oxidation sites excluding steroid dienone is 3. The number of hydrogen-bond acceptors (Lipinski definition) is 6. The number of fused-ring (bicyclic) bond motifs is 5. The van der Waals surface area contributed by atoms with Gasteiger partial charge in [0.15, 0.2) is 0 Å². The summed E-state index contributed by atoms with van der Waals surface area (Å²) in [6.07, 6.45) is 6.91. The zero-order valence-electron chi connectivity index (χ0n) is 21.5. The second kappa shape index (κ2) is 11.2. The third kappa shape index (κ3) is 5.88. The number of methoxy groups -OCH3 is 2. The predicted molar refractivity (Wildman–Crippen MR) is 138 cm³/mol. The van der Waals surface area contributed by atoms with Gasteiger partial charge in [0.05, 0.1) is 37.2 Å². The van der Waals surface area contributed by atoms with Gasteiger partial charge in [0.2, 0.25) is 5.91 Å². The molecule has 2 amide bonds. The highest BCUT2D eigenvalue weighted by Crippen LogP contribution is 2.39. The molecule has 3 aliphatic heterocycles. The van der Waals surface area contributed by atoms with Gasteiger partial charge in [0.25, 0.3) is 0 Å². The van der Waals surface area contributed by atoms with Gasteiger partial charge in [0.1, 0.15) is 16.9 Å². The molecule has 36 heavy (non-hydrogen) atoms. The summed E-state index contributed by atoms with van der Waals surface area (Å²) in [5, 5.41) is 3.30. The topological polar surface area (TPSA) is 89.6 Å². The Kier molecular flexibility index (Phi) is 8.27. The summed E-state index contributed by atoms with van der Waals surface area (Å²) in [6, 6.07) is 3.61. The molecule has 196 valence electrons. The fourth-order valence-electron chi connectivity index (χ4n) is 5.07. The molecule has 8 nitrogen and oxygen atoms in total. The average molecular weight is 519 g/mol. The summed E-state index contributed by atoms with van der Waals surface area (Å²) in [4.78, 5) is 27.0. The number of halogens is 1. The second-order valence-corrected chi connectivity index (χ2v) is 10.2. The third-order valence-corrected chi connectivity index (χ3v) is 7.67. The van der Waals surface area contributed by atoms with Crippen LogP contribution in [0.2, 0.25) is 5.02 Å². The van der Waals surface area contributed by atoms with Crippen molar-refractivity contribution in [1.29, 1.82) is 0 Å². The Morgan fingerprint density at radius 2 is 1.97 bits per heavy atom. The smallest absolute Gasteiger partial charge is 0.407 e. The van der Waals surface area contributed by atoms with E-state index in [1.165, 1.54) is 0 Å². The summed E-state index contributed by atoms with van der Waals surface area (Å²) >= 11 is 6.59. The van der Waals surface area contributed by atoms with E-state index in [-0.39, 0.29) is 42.3 Å². The van der Waals surface area contributed by atoms with Gasteiger partial charge in [-0.1, -0.05) is 42.3 Å².